The predicted octanol–water partition coefficient (Wildman–Crippen LogP) is 7.79. The first-order chi connectivity index (χ1) is 15.0. The normalized spacial score (nSPS) is 15.2. The fourth-order valence-corrected chi connectivity index (χ4v) is 5.35. The second-order valence-electron chi connectivity index (χ2n) is 7.75. The molecule has 0 spiro atoms. The summed E-state index contributed by atoms with van der Waals surface area (Å²) in [7, 11) is -3.21. The number of allylic oxidation sites excluding steroid dienone is 1. The van der Waals surface area contributed by atoms with E-state index in [9.17, 15) is 9.67 Å². The van der Waals surface area contributed by atoms with Crippen LogP contribution in [-0.4, -0.2) is 18.3 Å². The quantitative estimate of drug-likeness (QED) is 0.336. The molecule has 0 atom stereocenters. The largest absolute Gasteiger partial charge is 0.508 e. The van der Waals surface area contributed by atoms with Crippen LogP contribution in [0.4, 0.5) is 0 Å². The molecule has 2 aromatic carbocycles. The highest BCUT2D eigenvalue weighted by Gasteiger charge is 2.19. The van der Waals surface area contributed by atoms with Gasteiger partial charge >= 0.3 is 7.60 Å². The van der Waals surface area contributed by atoms with Crippen molar-refractivity contribution in [3.8, 4) is 5.75 Å². The zero-order valence-electron chi connectivity index (χ0n) is 18.5. The predicted molar refractivity (Wildman–Crippen MR) is 128 cm³/mol. The van der Waals surface area contributed by atoms with Gasteiger partial charge in [0.05, 0.1) is 13.2 Å². The number of hydrogen-bond donors (Lipinski definition) is 1. The van der Waals surface area contributed by atoms with Gasteiger partial charge in [0.25, 0.3) is 0 Å². The van der Waals surface area contributed by atoms with E-state index in [0.717, 1.165) is 29.5 Å². The first-order valence-corrected chi connectivity index (χ1v) is 12.9. The van der Waals surface area contributed by atoms with Crippen molar-refractivity contribution in [3.05, 3.63) is 76.6 Å². The lowest BCUT2D eigenvalue weighted by atomic mass is 9.89. The van der Waals surface area contributed by atoms with E-state index in [1.807, 2.05) is 24.3 Å². The van der Waals surface area contributed by atoms with E-state index in [4.69, 9.17) is 9.05 Å². The third-order valence-corrected chi connectivity index (χ3v) is 7.23. The summed E-state index contributed by atoms with van der Waals surface area (Å²) in [6, 6.07) is 15.8. The lowest BCUT2D eigenvalue weighted by Gasteiger charge is -2.16. The summed E-state index contributed by atoms with van der Waals surface area (Å²) >= 11 is 0. The van der Waals surface area contributed by atoms with Crippen molar-refractivity contribution in [3.63, 3.8) is 0 Å². The van der Waals surface area contributed by atoms with Gasteiger partial charge in [-0.05, 0) is 80.0 Å². The zero-order chi connectivity index (χ0) is 22.1. The van der Waals surface area contributed by atoms with Crippen LogP contribution in [0.3, 0.4) is 0 Å². The molecule has 0 amide bonds. The fraction of sp³-hybridized carbons (Fsp3) is 0.385. The van der Waals surface area contributed by atoms with Crippen molar-refractivity contribution in [2.45, 2.75) is 52.4 Å². The van der Waals surface area contributed by atoms with Crippen LogP contribution in [0.25, 0.3) is 11.6 Å². The van der Waals surface area contributed by atoms with Crippen molar-refractivity contribution >= 4 is 19.2 Å². The lowest BCUT2D eigenvalue weighted by molar-refractivity contribution is 0.229. The minimum Gasteiger partial charge on any atom is -0.508 e. The van der Waals surface area contributed by atoms with Gasteiger partial charge in [-0.15, -0.1) is 0 Å². The molecule has 0 aromatic heterocycles. The average molecular weight is 441 g/mol. The lowest BCUT2D eigenvalue weighted by Crippen LogP contribution is -1.95. The van der Waals surface area contributed by atoms with E-state index < -0.39 is 7.60 Å². The van der Waals surface area contributed by atoms with Crippen LogP contribution < -0.4 is 0 Å². The fourth-order valence-electron chi connectivity index (χ4n) is 4.03. The number of hydrogen-bond acceptors (Lipinski definition) is 4. The first-order valence-electron chi connectivity index (χ1n) is 11.2. The number of benzene rings is 2. The van der Waals surface area contributed by atoms with Gasteiger partial charge in [-0.25, -0.2) is 0 Å². The summed E-state index contributed by atoms with van der Waals surface area (Å²) in [5, 5.41) is 9.73. The molecular formula is C26H33O4P. The van der Waals surface area contributed by atoms with Gasteiger partial charge in [-0.1, -0.05) is 54.8 Å². The topological polar surface area (TPSA) is 55.8 Å². The van der Waals surface area contributed by atoms with Crippen LogP contribution in [0.15, 0.2) is 59.9 Å². The van der Waals surface area contributed by atoms with Crippen molar-refractivity contribution in [1.29, 1.82) is 0 Å². The van der Waals surface area contributed by atoms with Gasteiger partial charge in [0.15, 0.2) is 0 Å². The molecule has 1 fully saturated rings. The Labute approximate surface area is 186 Å². The first kappa shape index (κ1) is 23.5. The molecule has 31 heavy (non-hydrogen) atoms. The molecule has 0 heterocycles. The number of phenols is 1. The SMILES string of the molecule is CCOP(=O)(/C=C/c1ccc(C(=C2CCCCCC2)c2ccc(O)cc2)cc1)OCC. The summed E-state index contributed by atoms with van der Waals surface area (Å²) in [5.74, 6) is 1.82. The summed E-state index contributed by atoms with van der Waals surface area (Å²) in [4.78, 5) is 0. The third kappa shape index (κ3) is 6.67. The standard InChI is InChI=1S/C26H33O4P/c1-3-29-31(28,30-4-2)20-19-21-11-13-23(14-12-21)26(22-9-7-5-6-8-10-22)24-15-17-25(27)18-16-24/h11-20,27H,3-10H2,1-2H3/b20-19+. The highest BCUT2D eigenvalue weighted by Crippen LogP contribution is 2.50. The van der Waals surface area contributed by atoms with E-state index in [1.54, 1.807) is 37.9 Å². The zero-order valence-corrected chi connectivity index (χ0v) is 19.4. The minimum atomic E-state index is -3.21. The number of aromatic hydroxyl groups is 1. The molecule has 2 aromatic rings. The maximum absolute atomic E-state index is 12.7. The van der Waals surface area contributed by atoms with Gasteiger partial charge < -0.3 is 14.2 Å². The van der Waals surface area contributed by atoms with E-state index >= 15 is 0 Å². The Morgan fingerprint density at radius 3 is 1.90 bits per heavy atom. The molecule has 1 N–H and O–H groups in total. The molecule has 0 bridgehead atoms. The van der Waals surface area contributed by atoms with Gasteiger partial charge in [0.2, 0.25) is 0 Å². The van der Waals surface area contributed by atoms with Gasteiger partial charge in [0, 0.05) is 5.82 Å². The van der Waals surface area contributed by atoms with Crippen LogP contribution in [0, 0.1) is 0 Å². The summed E-state index contributed by atoms with van der Waals surface area (Å²) in [5.41, 5.74) is 6.00. The highest BCUT2D eigenvalue weighted by atomic mass is 31.2. The number of rotatable bonds is 8. The molecule has 4 nitrogen and oxygen atoms in total. The van der Waals surface area contributed by atoms with E-state index in [1.165, 1.54) is 36.8 Å². The average Bonchev–Trinajstić information content (AvgIpc) is 3.05. The molecule has 166 valence electrons. The Hall–Kier alpha value is -2.13. The maximum atomic E-state index is 12.7. The Balaban J connectivity index is 1.92. The second kappa shape index (κ2) is 11.5. The van der Waals surface area contributed by atoms with Gasteiger partial charge in [-0.3, -0.25) is 4.57 Å². The van der Waals surface area contributed by atoms with Crippen LogP contribution >= 0.6 is 7.60 Å². The summed E-state index contributed by atoms with van der Waals surface area (Å²) < 4.78 is 23.3. The molecule has 1 aliphatic carbocycles. The number of phenolic OH excluding ortho intramolecular Hbond substituents is 1. The highest BCUT2D eigenvalue weighted by molar-refractivity contribution is 7.57. The van der Waals surface area contributed by atoms with E-state index in [2.05, 4.69) is 12.1 Å². The van der Waals surface area contributed by atoms with Crippen LogP contribution in [0.2, 0.25) is 0 Å². The molecule has 0 radical (unpaired) electrons. The van der Waals surface area contributed by atoms with Crippen molar-refractivity contribution < 1.29 is 18.7 Å². The van der Waals surface area contributed by atoms with E-state index in [-0.39, 0.29) is 5.75 Å². The Kier molecular flexibility index (Phi) is 8.71. The van der Waals surface area contributed by atoms with Crippen molar-refractivity contribution in [2.75, 3.05) is 13.2 Å². The van der Waals surface area contributed by atoms with Crippen LogP contribution in [0.1, 0.15) is 69.1 Å². The monoisotopic (exact) mass is 440 g/mol. The molecular weight excluding hydrogens is 407 g/mol. The van der Waals surface area contributed by atoms with Gasteiger partial charge in [0.1, 0.15) is 5.75 Å². The van der Waals surface area contributed by atoms with Gasteiger partial charge in [-0.2, -0.15) is 0 Å². The summed E-state index contributed by atoms with van der Waals surface area (Å²) in [6.07, 6.45) is 9.05. The second-order valence-corrected chi connectivity index (χ2v) is 9.65. The molecule has 0 aliphatic heterocycles. The van der Waals surface area contributed by atoms with Crippen LogP contribution in [-0.2, 0) is 13.6 Å². The smallest absolute Gasteiger partial charge is 0.354 e. The summed E-state index contributed by atoms with van der Waals surface area (Å²) in [6.45, 7) is 4.29. The molecule has 1 aliphatic rings. The Bertz CT molecular complexity index is 922. The van der Waals surface area contributed by atoms with Crippen LogP contribution in [0.5, 0.6) is 5.75 Å². The van der Waals surface area contributed by atoms with Crippen molar-refractivity contribution in [2.24, 2.45) is 0 Å². The van der Waals surface area contributed by atoms with E-state index in [0.29, 0.717) is 13.2 Å². The van der Waals surface area contributed by atoms with Crippen molar-refractivity contribution in [1.82, 2.24) is 0 Å². The minimum absolute atomic E-state index is 0.280. The molecule has 0 unspecified atom stereocenters. The Morgan fingerprint density at radius 2 is 1.39 bits per heavy atom. The molecule has 3 rings (SSSR count). The maximum Gasteiger partial charge on any atom is 0.354 e. The third-order valence-electron chi connectivity index (χ3n) is 5.48. The molecule has 1 saturated carbocycles. The Morgan fingerprint density at radius 1 is 0.871 bits per heavy atom. The molecule has 0 saturated heterocycles. The molecule has 5 heteroatoms.